The van der Waals surface area contributed by atoms with Crippen LogP contribution >= 0.6 is 23.4 Å². The molecular formula is C18H19ClN2O3S. The molecule has 2 aliphatic heterocycles. The first kappa shape index (κ1) is 16.9. The van der Waals surface area contributed by atoms with E-state index in [2.05, 4.69) is 4.98 Å². The summed E-state index contributed by atoms with van der Waals surface area (Å²) >= 11 is 8.10. The van der Waals surface area contributed by atoms with Gasteiger partial charge >= 0.3 is 0 Å². The fourth-order valence-electron chi connectivity index (χ4n) is 3.38. The fourth-order valence-corrected chi connectivity index (χ4v) is 5.01. The second-order valence-electron chi connectivity index (χ2n) is 6.27. The van der Waals surface area contributed by atoms with E-state index in [1.165, 1.54) is 0 Å². The number of hydrogen-bond donors (Lipinski definition) is 0. The van der Waals surface area contributed by atoms with Crippen LogP contribution in [-0.2, 0) is 9.53 Å². The molecule has 2 aromatic rings. The first-order valence-electron chi connectivity index (χ1n) is 8.32. The summed E-state index contributed by atoms with van der Waals surface area (Å²) < 4.78 is 11.0. The van der Waals surface area contributed by atoms with Crippen molar-refractivity contribution in [3.05, 3.63) is 35.0 Å². The summed E-state index contributed by atoms with van der Waals surface area (Å²) in [4.78, 5) is 19.1. The van der Waals surface area contributed by atoms with Gasteiger partial charge in [-0.3, -0.25) is 9.69 Å². The molecule has 2 saturated heterocycles. The van der Waals surface area contributed by atoms with Gasteiger partial charge in [0, 0.05) is 23.6 Å². The summed E-state index contributed by atoms with van der Waals surface area (Å²) in [6.45, 7) is 2.63. The number of fused-ring (bicyclic) bond motifs is 1. The molecule has 2 fully saturated rings. The lowest BCUT2D eigenvalue weighted by atomic mass is 10.1. The van der Waals surface area contributed by atoms with Gasteiger partial charge < -0.3 is 9.47 Å². The molecule has 1 aromatic heterocycles. The molecule has 1 amide bonds. The summed E-state index contributed by atoms with van der Waals surface area (Å²) in [5.41, 5.74) is 1.64. The van der Waals surface area contributed by atoms with E-state index >= 15 is 0 Å². The summed E-state index contributed by atoms with van der Waals surface area (Å²) in [6, 6.07) is 7.74. The van der Waals surface area contributed by atoms with Crippen LogP contribution in [0.1, 0.15) is 30.7 Å². The minimum absolute atomic E-state index is 0.104. The quantitative estimate of drug-likeness (QED) is 0.756. The maximum atomic E-state index is 12.7. The molecule has 132 valence electrons. The number of thioether (sulfide) groups is 1. The van der Waals surface area contributed by atoms with E-state index in [0.717, 1.165) is 35.1 Å². The molecule has 3 atom stereocenters. The van der Waals surface area contributed by atoms with E-state index in [-0.39, 0.29) is 22.8 Å². The number of pyridine rings is 1. The first-order valence-corrected chi connectivity index (χ1v) is 9.64. The molecule has 0 spiro atoms. The van der Waals surface area contributed by atoms with Crippen molar-refractivity contribution in [3.8, 4) is 5.75 Å². The van der Waals surface area contributed by atoms with Crippen molar-refractivity contribution < 1.29 is 14.3 Å². The van der Waals surface area contributed by atoms with E-state index in [1.807, 2.05) is 36.1 Å². The smallest absolute Gasteiger partial charge is 0.238 e. The lowest BCUT2D eigenvalue weighted by Gasteiger charge is -2.29. The zero-order chi connectivity index (χ0) is 17.6. The number of rotatable bonds is 3. The van der Waals surface area contributed by atoms with E-state index in [9.17, 15) is 4.79 Å². The second kappa shape index (κ2) is 6.67. The van der Waals surface area contributed by atoms with Crippen LogP contribution in [0.4, 0.5) is 0 Å². The third-order valence-corrected chi connectivity index (χ3v) is 6.33. The van der Waals surface area contributed by atoms with Crippen molar-refractivity contribution >= 4 is 40.2 Å². The molecule has 3 heterocycles. The number of carbonyl (C=O) groups is 1. The van der Waals surface area contributed by atoms with E-state index in [0.29, 0.717) is 11.8 Å². The average molecular weight is 379 g/mol. The van der Waals surface area contributed by atoms with Crippen LogP contribution < -0.4 is 4.74 Å². The number of nitrogens with zero attached hydrogens (tertiary/aromatic N) is 2. The Balaban J connectivity index is 1.76. The molecule has 0 unspecified atom stereocenters. The second-order valence-corrected chi connectivity index (χ2v) is 8.05. The number of aromatic nitrogens is 1. The van der Waals surface area contributed by atoms with Crippen LogP contribution in [0.3, 0.4) is 0 Å². The molecule has 5 nitrogen and oxygen atoms in total. The maximum Gasteiger partial charge on any atom is 0.238 e. The topological polar surface area (TPSA) is 51.7 Å². The summed E-state index contributed by atoms with van der Waals surface area (Å²) in [7, 11) is 1.62. The third kappa shape index (κ3) is 2.96. The standard InChI is InChI=1S/C18H19ClN2O3S/c1-10-17(22)21(15-4-3-7-24-15)18(25-10)13-8-11-5-6-12(23-2)9-14(11)20-16(13)19/h5-6,8-10,15,18H,3-4,7H2,1-2H3/t10-,15-,18+/m0/s1. The minimum Gasteiger partial charge on any atom is -0.497 e. The van der Waals surface area contributed by atoms with Crippen LogP contribution in [0.5, 0.6) is 5.75 Å². The van der Waals surface area contributed by atoms with Gasteiger partial charge in [0.1, 0.15) is 22.5 Å². The molecule has 2 aliphatic rings. The molecule has 0 bridgehead atoms. The monoisotopic (exact) mass is 378 g/mol. The number of hydrogen-bond acceptors (Lipinski definition) is 5. The summed E-state index contributed by atoms with van der Waals surface area (Å²) in [5, 5.41) is 1.11. The maximum absolute atomic E-state index is 12.7. The van der Waals surface area contributed by atoms with Crippen molar-refractivity contribution in [1.82, 2.24) is 9.88 Å². The van der Waals surface area contributed by atoms with Crippen molar-refractivity contribution in [2.75, 3.05) is 13.7 Å². The van der Waals surface area contributed by atoms with Gasteiger partial charge in [-0.05, 0) is 38.0 Å². The largest absolute Gasteiger partial charge is 0.497 e. The van der Waals surface area contributed by atoms with Gasteiger partial charge in [0.05, 0.1) is 17.9 Å². The highest BCUT2D eigenvalue weighted by Gasteiger charge is 2.44. The summed E-state index contributed by atoms with van der Waals surface area (Å²) in [6.07, 6.45) is 1.67. The van der Waals surface area contributed by atoms with Gasteiger partial charge in [0.2, 0.25) is 5.91 Å². The van der Waals surface area contributed by atoms with E-state index in [4.69, 9.17) is 21.1 Å². The number of halogens is 1. The highest BCUT2D eigenvalue weighted by Crippen LogP contribution is 2.47. The molecule has 7 heteroatoms. The van der Waals surface area contributed by atoms with Crippen LogP contribution in [0, 0.1) is 0 Å². The van der Waals surface area contributed by atoms with Crippen LogP contribution in [-0.4, -0.2) is 41.0 Å². The molecule has 0 N–H and O–H groups in total. The Morgan fingerprint density at radius 2 is 2.24 bits per heavy atom. The SMILES string of the molecule is COc1ccc2cc([C@H]3S[C@@H](C)C(=O)N3[C@@H]3CCCO3)c(Cl)nc2c1. The Bertz CT molecular complexity index is 825. The lowest BCUT2D eigenvalue weighted by Crippen LogP contribution is -2.39. The van der Waals surface area contributed by atoms with Gasteiger partial charge in [-0.15, -0.1) is 11.8 Å². The van der Waals surface area contributed by atoms with Crippen molar-refractivity contribution in [1.29, 1.82) is 0 Å². The minimum atomic E-state index is -0.169. The molecule has 0 aliphatic carbocycles. The average Bonchev–Trinajstić information content (AvgIpc) is 3.22. The molecule has 4 rings (SSSR count). The van der Waals surface area contributed by atoms with Crippen LogP contribution in [0.25, 0.3) is 10.9 Å². The Kier molecular flexibility index (Phi) is 4.52. The summed E-state index contributed by atoms with van der Waals surface area (Å²) in [5.74, 6) is 0.844. The number of ether oxygens (including phenoxy) is 2. The molecule has 1 aromatic carbocycles. The molecular weight excluding hydrogens is 360 g/mol. The number of carbonyl (C=O) groups excluding carboxylic acids is 1. The Morgan fingerprint density at radius 1 is 1.40 bits per heavy atom. The van der Waals surface area contributed by atoms with Crippen molar-refractivity contribution in [3.63, 3.8) is 0 Å². The Morgan fingerprint density at radius 3 is 2.96 bits per heavy atom. The third-order valence-electron chi connectivity index (χ3n) is 4.68. The van der Waals surface area contributed by atoms with Gasteiger partial charge in [-0.1, -0.05) is 11.6 Å². The van der Waals surface area contributed by atoms with E-state index in [1.54, 1.807) is 18.9 Å². The van der Waals surface area contributed by atoms with Gasteiger partial charge in [-0.25, -0.2) is 4.98 Å². The van der Waals surface area contributed by atoms with Crippen molar-refractivity contribution in [2.24, 2.45) is 0 Å². The zero-order valence-corrected chi connectivity index (χ0v) is 15.6. The highest BCUT2D eigenvalue weighted by atomic mass is 35.5. The molecule has 0 radical (unpaired) electrons. The zero-order valence-electron chi connectivity index (χ0n) is 14.1. The number of benzene rings is 1. The lowest BCUT2D eigenvalue weighted by molar-refractivity contribution is -0.141. The Labute approximate surface area is 155 Å². The van der Waals surface area contributed by atoms with Crippen molar-refractivity contribution in [2.45, 2.75) is 36.6 Å². The van der Waals surface area contributed by atoms with Crippen LogP contribution in [0.15, 0.2) is 24.3 Å². The number of methoxy groups -OCH3 is 1. The van der Waals surface area contributed by atoms with Gasteiger partial charge in [-0.2, -0.15) is 0 Å². The predicted octanol–water partition coefficient (Wildman–Crippen LogP) is 4.00. The number of amides is 1. The van der Waals surface area contributed by atoms with Gasteiger partial charge in [0.25, 0.3) is 0 Å². The van der Waals surface area contributed by atoms with Crippen LogP contribution in [0.2, 0.25) is 5.15 Å². The molecule has 0 saturated carbocycles. The first-order chi connectivity index (χ1) is 12.1. The van der Waals surface area contributed by atoms with Gasteiger partial charge in [0.15, 0.2) is 0 Å². The Hall–Kier alpha value is -1.50. The highest BCUT2D eigenvalue weighted by molar-refractivity contribution is 8.01. The predicted molar refractivity (Wildman–Crippen MR) is 98.9 cm³/mol. The van der Waals surface area contributed by atoms with E-state index < -0.39 is 0 Å². The fraction of sp³-hybridized carbons (Fsp3) is 0.444. The molecule has 25 heavy (non-hydrogen) atoms. The normalized spacial score (nSPS) is 26.6.